The molecular formula is C10H11ClN2. The molecule has 0 unspecified atom stereocenters. The molecule has 1 aromatic carbocycles. The van der Waals surface area contributed by atoms with E-state index >= 15 is 0 Å². The number of fused-ring (bicyclic) bond motifs is 1. The van der Waals surface area contributed by atoms with Crippen LogP contribution in [0.15, 0.2) is 18.2 Å². The van der Waals surface area contributed by atoms with Gasteiger partial charge in [-0.05, 0) is 30.7 Å². The molecule has 13 heavy (non-hydrogen) atoms. The minimum atomic E-state index is 0.528. The summed E-state index contributed by atoms with van der Waals surface area (Å²) in [7, 11) is 0. The van der Waals surface area contributed by atoms with Crippen molar-refractivity contribution in [3.05, 3.63) is 34.5 Å². The van der Waals surface area contributed by atoms with E-state index in [0.29, 0.717) is 6.54 Å². The number of nitrogens with two attached hydrogens (primary N) is 1. The van der Waals surface area contributed by atoms with Gasteiger partial charge in [0.25, 0.3) is 0 Å². The summed E-state index contributed by atoms with van der Waals surface area (Å²) in [5.41, 5.74) is 8.73. The first-order valence-electron chi connectivity index (χ1n) is 4.18. The molecule has 2 rings (SSSR count). The van der Waals surface area contributed by atoms with Gasteiger partial charge in [-0.2, -0.15) is 0 Å². The number of rotatable bonds is 1. The summed E-state index contributed by atoms with van der Waals surface area (Å²) in [4.78, 5) is 3.21. The highest BCUT2D eigenvalue weighted by Crippen LogP contribution is 2.25. The zero-order chi connectivity index (χ0) is 9.42. The lowest BCUT2D eigenvalue weighted by atomic mass is 10.1. The van der Waals surface area contributed by atoms with Gasteiger partial charge in [0.05, 0.1) is 10.5 Å². The molecule has 0 amide bonds. The molecule has 0 aliphatic carbocycles. The molecule has 1 heterocycles. The van der Waals surface area contributed by atoms with E-state index in [1.807, 2.05) is 13.0 Å². The lowest BCUT2D eigenvalue weighted by Crippen LogP contribution is -1.95. The van der Waals surface area contributed by atoms with Crippen LogP contribution in [0.2, 0.25) is 5.02 Å². The number of aromatic amines is 1. The molecule has 0 saturated heterocycles. The van der Waals surface area contributed by atoms with Crippen LogP contribution in [0.5, 0.6) is 0 Å². The van der Waals surface area contributed by atoms with Crippen LogP contribution in [0.25, 0.3) is 10.9 Å². The van der Waals surface area contributed by atoms with Gasteiger partial charge in [0.1, 0.15) is 0 Å². The summed E-state index contributed by atoms with van der Waals surface area (Å²) < 4.78 is 0. The summed E-state index contributed by atoms with van der Waals surface area (Å²) in [6.07, 6.45) is 0. The van der Waals surface area contributed by atoms with Crippen molar-refractivity contribution in [2.24, 2.45) is 5.73 Å². The summed E-state index contributed by atoms with van der Waals surface area (Å²) in [5, 5.41) is 1.87. The Kier molecular flexibility index (Phi) is 2.02. The maximum atomic E-state index is 6.07. The van der Waals surface area contributed by atoms with Crippen LogP contribution in [0, 0.1) is 6.92 Å². The molecule has 0 aliphatic heterocycles. The Balaban J connectivity index is 2.75. The maximum Gasteiger partial charge on any atom is 0.0650 e. The second kappa shape index (κ2) is 3.05. The lowest BCUT2D eigenvalue weighted by Gasteiger charge is -1.99. The third-order valence-corrected chi connectivity index (χ3v) is 2.41. The summed E-state index contributed by atoms with van der Waals surface area (Å²) in [5.74, 6) is 0. The first-order chi connectivity index (χ1) is 6.20. The Hall–Kier alpha value is -0.990. The van der Waals surface area contributed by atoms with Crippen LogP contribution >= 0.6 is 11.6 Å². The predicted molar refractivity (Wildman–Crippen MR) is 55.9 cm³/mol. The zero-order valence-corrected chi connectivity index (χ0v) is 8.15. The van der Waals surface area contributed by atoms with Crippen molar-refractivity contribution >= 4 is 22.5 Å². The zero-order valence-electron chi connectivity index (χ0n) is 7.39. The van der Waals surface area contributed by atoms with Crippen molar-refractivity contribution in [3.63, 3.8) is 0 Å². The van der Waals surface area contributed by atoms with Gasteiger partial charge in [0, 0.05) is 17.6 Å². The highest BCUT2D eigenvalue weighted by atomic mass is 35.5. The molecule has 2 aromatic rings. The molecule has 0 radical (unpaired) electrons. The second-order valence-corrected chi connectivity index (χ2v) is 3.61. The molecule has 68 valence electrons. The second-order valence-electron chi connectivity index (χ2n) is 3.20. The molecule has 1 aromatic heterocycles. The summed E-state index contributed by atoms with van der Waals surface area (Å²) in [6.45, 7) is 2.54. The van der Waals surface area contributed by atoms with Crippen LogP contribution in [0.1, 0.15) is 11.3 Å². The van der Waals surface area contributed by atoms with Crippen molar-refractivity contribution in [2.45, 2.75) is 13.5 Å². The van der Waals surface area contributed by atoms with Crippen molar-refractivity contribution < 1.29 is 0 Å². The van der Waals surface area contributed by atoms with Crippen molar-refractivity contribution in [1.29, 1.82) is 0 Å². The number of nitrogens with one attached hydrogen (secondary N) is 1. The van der Waals surface area contributed by atoms with Crippen LogP contribution in [0.4, 0.5) is 0 Å². The number of halogens is 1. The van der Waals surface area contributed by atoms with E-state index < -0.39 is 0 Å². The molecule has 0 bridgehead atoms. The number of hydrogen-bond donors (Lipinski definition) is 2. The molecule has 0 aliphatic rings. The fourth-order valence-corrected chi connectivity index (χ4v) is 1.81. The fourth-order valence-electron chi connectivity index (χ4n) is 1.52. The molecule has 0 atom stereocenters. The van der Waals surface area contributed by atoms with Crippen molar-refractivity contribution in [2.75, 3.05) is 0 Å². The van der Waals surface area contributed by atoms with Gasteiger partial charge >= 0.3 is 0 Å². The van der Waals surface area contributed by atoms with E-state index in [4.69, 9.17) is 17.3 Å². The largest absolute Gasteiger partial charge is 0.357 e. The minimum Gasteiger partial charge on any atom is -0.357 e. The van der Waals surface area contributed by atoms with E-state index in [-0.39, 0.29) is 0 Å². The SMILES string of the molecule is Cc1cc2cc(CN)cc(Cl)c2[nH]1. The Morgan fingerprint density at radius 3 is 2.85 bits per heavy atom. The quantitative estimate of drug-likeness (QED) is 0.720. The van der Waals surface area contributed by atoms with Gasteiger partial charge in [-0.25, -0.2) is 0 Å². The normalized spacial score (nSPS) is 11.0. The van der Waals surface area contributed by atoms with Crippen LogP contribution < -0.4 is 5.73 Å². The van der Waals surface area contributed by atoms with Crippen LogP contribution in [-0.4, -0.2) is 4.98 Å². The number of hydrogen-bond acceptors (Lipinski definition) is 1. The first-order valence-corrected chi connectivity index (χ1v) is 4.56. The Bertz CT molecular complexity index is 445. The van der Waals surface area contributed by atoms with Crippen molar-refractivity contribution in [3.8, 4) is 0 Å². The third kappa shape index (κ3) is 1.43. The average molecular weight is 195 g/mol. The summed E-state index contributed by atoms with van der Waals surface area (Å²) in [6, 6.07) is 6.03. The Labute approximate surface area is 81.7 Å². The third-order valence-electron chi connectivity index (χ3n) is 2.11. The first kappa shape index (κ1) is 8.60. The van der Waals surface area contributed by atoms with Gasteiger partial charge in [0.15, 0.2) is 0 Å². The van der Waals surface area contributed by atoms with Gasteiger partial charge in [-0.3, -0.25) is 0 Å². The molecule has 0 spiro atoms. The summed E-state index contributed by atoms with van der Waals surface area (Å²) >= 11 is 6.07. The lowest BCUT2D eigenvalue weighted by molar-refractivity contribution is 1.08. The van der Waals surface area contributed by atoms with Gasteiger partial charge in [-0.15, -0.1) is 0 Å². The Morgan fingerprint density at radius 2 is 2.15 bits per heavy atom. The standard InChI is InChI=1S/C10H11ClN2/c1-6-2-8-3-7(5-12)4-9(11)10(8)13-6/h2-4,13H,5,12H2,1H3. The number of benzene rings is 1. The predicted octanol–water partition coefficient (Wildman–Crippen LogP) is 2.59. The van der Waals surface area contributed by atoms with E-state index in [9.17, 15) is 0 Å². The van der Waals surface area contributed by atoms with Crippen molar-refractivity contribution in [1.82, 2.24) is 4.98 Å². The monoisotopic (exact) mass is 194 g/mol. The Morgan fingerprint density at radius 1 is 1.38 bits per heavy atom. The number of H-pyrrole nitrogens is 1. The molecule has 2 nitrogen and oxygen atoms in total. The van der Waals surface area contributed by atoms with Crippen LogP contribution in [-0.2, 0) is 6.54 Å². The molecule has 3 heteroatoms. The highest BCUT2D eigenvalue weighted by Gasteiger charge is 2.03. The number of aromatic nitrogens is 1. The molecular weight excluding hydrogens is 184 g/mol. The van der Waals surface area contributed by atoms with E-state index in [0.717, 1.165) is 27.2 Å². The van der Waals surface area contributed by atoms with E-state index in [2.05, 4.69) is 17.1 Å². The average Bonchev–Trinajstić information content (AvgIpc) is 2.46. The maximum absolute atomic E-state index is 6.07. The number of aryl methyl sites for hydroxylation is 1. The van der Waals surface area contributed by atoms with Gasteiger partial charge < -0.3 is 10.7 Å². The highest BCUT2D eigenvalue weighted by molar-refractivity contribution is 6.35. The molecule has 0 saturated carbocycles. The molecule has 0 fully saturated rings. The van der Waals surface area contributed by atoms with Gasteiger partial charge in [-0.1, -0.05) is 11.6 Å². The van der Waals surface area contributed by atoms with E-state index in [1.54, 1.807) is 0 Å². The smallest absolute Gasteiger partial charge is 0.0650 e. The molecule has 3 N–H and O–H groups in total. The minimum absolute atomic E-state index is 0.528. The fraction of sp³-hybridized carbons (Fsp3) is 0.200. The van der Waals surface area contributed by atoms with Gasteiger partial charge in [0.2, 0.25) is 0 Å². The topological polar surface area (TPSA) is 41.8 Å². The van der Waals surface area contributed by atoms with Crippen LogP contribution in [0.3, 0.4) is 0 Å². The van der Waals surface area contributed by atoms with E-state index in [1.165, 1.54) is 0 Å².